The Labute approximate surface area is 184 Å². The zero-order chi connectivity index (χ0) is 21.6. The lowest BCUT2D eigenvalue weighted by atomic mass is 10.2. The Morgan fingerprint density at radius 2 is 1.41 bits per heavy atom. The molecule has 6 heteroatoms. The summed E-state index contributed by atoms with van der Waals surface area (Å²) in [6.07, 6.45) is 9.90. The molecule has 168 valence electrons. The number of nitrogens with zero attached hydrogens (tertiary/aromatic N) is 1. The fraction of sp³-hybridized carbons (Fsp3) is 1.00. The minimum Gasteiger partial charge on any atom is -0.396 e. The molecule has 0 bridgehead atoms. The summed E-state index contributed by atoms with van der Waals surface area (Å²) in [5.74, 6) is 2.52. The first kappa shape index (κ1) is 28.0. The molecule has 0 saturated carbocycles. The van der Waals surface area contributed by atoms with Gasteiger partial charge in [0.15, 0.2) is 0 Å². The molecule has 0 aromatic heterocycles. The van der Waals surface area contributed by atoms with Crippen LogP contribution in [0.3, 0.4) is 0 Å². The normalized spacial score (nSPS) is 13.1. The van der Waals surface area contributed by atoms with E-state index in [0.29, 0.717) is 18.7 Å². The second-order valence-corrected chi connectivity index (χ2v) is 11.4. The van der Waals surface area contributed by atoms with Crippen LogP contribution >= 0.6 is 29.9 Å². The standard InChI is InChI=1S/C19H42NO2PS2.2CH4/c1-18(2)20(19(3)4)23(5)22-15-11-7-9-13-17-25-24-16-12-8-6-10-14-21;;/h18-19,21H,6-17H2,1-5H3;2*1H4/i21D;1T;. The molecule has 1 atom stereocenters. The highest BCUT2D eigenvalue weighted by atomic mass is 33.1. The Balaban J connectivity index is -0.00000218. The van der Waals surface area contributed by atoms with Crippen LogP contribution in [-0.4, -0.2) is 54.7 Å². The van der Waals surface area contributed by atoms with Gasteiger partial charge in [-0.25, -0.2) is 0 Å². The van der Waals surface area contributed by atoms with Crippen molar-refractivity contribution in [3.8, 4) is 0 Å². The molecule has 0 aromatic rings. The van der Waals surface area contributed by atoms with E-state index in [4.69, 9.17) is 7.33 Å². The van der Waals surface area contributed by atoms with E-state index >= 15 is 0 Å². The highest BCUT2D eigenvalue weighted by Gasteiger charge is 2.20. The summed E-state index contributed by atoms with van der Waals surface area (Å²) in [6.45, 7) is 12.8. The van der Waals surface area contributed by atoms with Crippen molar-refractivity contribution in [3.05, 3.63) is 0 Å². The largest absolute Gasteiger partial charge is 0.396 e. The highest BCUT2D eigenvalue weighted by Crippen LogP contribution is 2.41. The summed E-state index contributed by atoms with van der Waals surface area (Å²) in [6, 6.07) is 1.11. The summed E-state index contributed by atoms with van der Waals surface area (Å²) in [5.41, 5.74) is 0. The Hall–Kier alpha value is 1.01. The predicted molar refractivity (Wildman–Crippen MR) is 133 cm³/mol. The van der Waals surface area contributed by atoms with Crippen molar-refractivity contribution in [1.82, 2.24) is 4.67 Å². The predicted octanol–water partition coefficient (Wildman–Crippen LogP) is 7.83. The molecule has 0 saturated heterocycles. The second kappa shape index (κ2) is 23.3. The Morgan fingerprint density at radius 3 is 1.89 bits per heavy atom. The molecule has 3 nitrogen and oxygen atoms in total. The van der Waals surface area contributed by atoms with Crippen molar-refractivity contribution < 1.29 is 11.0 Å². The van der Waals surface area contributed by atoms with E-state index in [-0.39, 0.29) is 7.43 Å². The first-order valence-electron chi connectivity index (χ1n) is 11.4. The zero-order valence-electron chi connectivity index (χ0n) is 20.2. The van der Waals surface area contributed by atoms with Crippen LogP contribution < -0.4 is 0 Å². The fourth-order valence-electron chi connectivity index (χ4n) is 2.86. The van der Waals surface area contributed by atoms with Crippen LogP contribution in [0, 0.1) is 0 Å². The van der Waals surface area contributed by atoms with Crippen molar-refractivity contribution in [2.75, 3.05) is 31.4 Å². The van der Waals surface area contributed by atoms with E-state index in [1.807, 2.05) is 21.6 Å². The van der Waals surface area contributed by atoms with Gasteiger partial charge in [0.2, 0.25) is 1.43 Å². The van der Waals surface area contributed by atoms with Gasteiger partial charge in [0, 0.05) is 31.6 Å². The van der Waals surface area contributed by atoms with Gasteiger partial charge >= 0.3 is 0 Å². The summed E-state index contributed by atoms with van der Waals surface area (Å²) >= 11 is 0. The van der Waals surface area contributed by atoms with Gasteiger partial charge in [0.25, 0.3) is 0 Å². The summed E-state index contributed by atoms with van der Waals surface area (Å²) in [7, 11) is 4.84. The molecule has 1 N–H and O–H groups in total. The van der Waals surface area contributed by atoms with Gasteiger partial charge in [0.1, 0.15) is 8.30 Å². The van der Waals surface area contributed by atoms with E-state index in [9.17, 15) is 0 Å². The molecule has 0 aromatic carbocycles. The van der Waals surface area contributed by atoms with Crippen LogP contribution in [0.1, 0.15) is 95.3 Å². The molecule has 0 radical (unpaired) electrons. The lowest BCUT2D eigenvalue weighted by molar-refractivity contribution is 0.252. The molecule has 0 aliphatic rings. The van der Waals surface area contributed by atoms with Gasteiger partial charge in [-0.15, -0.1) is 0 Å². The van der Waals surface area contributed by atoms with Crippen LogP contribution in [0.4, 0.5) is 0 Å². The van der Waals surface area contributed by atoms with Gasteiger partial charge in [-0.3, -0.25) is 4.67 Å². The van der Waals surface area contributed by atoms with Crippen LogP contribution in [-0.2, 0) is 4.52 Å². The lowest BCUT2D eigenvalue weighted by Gasteiger charge is -2.35. The van der Waals surface area contributed by atoms with Gasteiger partial charge in [-0.1, -0.05) is 62.1 Å². The van der Waals surface area contributed by atoms with E-state index in [1.54, 1.807) is 0 Å². The number of aliphatic hydroxyl groups is 1. The second-order valence-electron chi connectivity index (χ2n) is 7.04. The molecule has 27 heavy (non-hydrogen) atoms. The van der Waals surface area contributed by atoms with Crippen LogP contribution in [0.25, 0.3) is 0 Å². The van der Waals surface area contributed by atoms with Gasteiger partial charge in [0.05, 0.1) is 6.61 Å². The van der Waals surface area contributed by atoms with Crippen molar-refractivity contribution in [2.24, 2.45) is 0 Å². The Bertz CT molecular complexity index is 300. The molecule has 0 aliphatic carbocycles. The molecular formula is C21H50NO2PS2. The van der Waals surface area contributed by atoms with Gasteiger partial charge in [-0.2, -0.15) is 0 Å². The lowest BCUT2D eigenvalue weighted by Crippen LogP contribution is -2.32. The molecule has 1 unspecified atom stereocenters. The molecule has 0 rings (SSSR count). The Kier molecular flexibility index (Phi) is 24.2. The summed E-state index contributed by atoms with van der Waals surface area (Å²) in [4.78, 5) is 0. The molecule has 0 heterocycles. The molecule has 0 spiro atoms. The van der Waals surface area contributed by atoms with E-state index in [1.165, 1.54) is 63.9 Å². The smallest absolute Gasteiger partial charge is 0.210 e. The third-order valence-corrected chi connectivity index (χ3v) is 8.70. The minimum absolute atomic E-state index is 0. The first-order chi connectivity index (χ1) is 13.5. The average molecular weight is 447 g/mol. The van der Waals surface area contributed by atoms with E-state index in [0.717, 1.165) is 13.0 Å². The third kappa shape index (κ3) is 20.1. The summed E-state index contributed by atoms with van der Waals surface area (Å²) < 4.78 is 21.0. The van der Waals surface area contributed by atoms with Crippen LogP contribution in [0.2, 0.25) is 0 Å². The van der Waals surface area contributed by atoms with Crippen molar-refractivity contribution in [1.29, 1.82) is 1.43 Å². The van der Waals surface area contributed by atoms with Crippen LogP contribution in [0.5, 0.6) is 0 Å². The number of hydrogen-bond acceptors (Lipinski definition) is 5. The van der Waals surface area contributed by atoms with Crippen molar-refractivity contribution >= 4 is 29.9 Å². The maximum Gasteiger partial charge on any atom is 0.210 e. The molecular weight excluding hydrogens is 393 g/mol. The fourth-order valence-corrected chi connectivity index (χ4v) is 6.98. The SMILES string of the molecule is C.[2H]OCCCCCCSSCCCCCCOP(C)N(C(C)C)C(C)C.[3H]C. The van der Waals surface area contributed by atoms with E-state index in [2.05, 4.69) is 44.1 Å². The average Bonchev–Trinajstić information content (AvgIpc) is 2.66. The monoisotopic (exact) mass is 446 g/mol. The highest BCUT2D eigenvalue weighted by molar-refractivity contribution is 8.76. The zero-order valence-corrected chi connectivity index (χ0v) is 20.7. The van der Waals surface area contributed by atoms with E-state index < -0.39 is 8.30 Å². The minimum atomic E-state index is -0.455. The number of hydrogen-bond donors (Lipinski definition) is 1. The Morgan fingerprint density at radius 1 is 0.926 bits per heavy atom. The maximum absolute atomic E-state index is 6.62. The molecule has 0 amide bonds. The number of rotatable bonds is 19. The quantitative estimate of drug-likeness (QED) is 0.124. The number of aliphatic hydroxyl groups excluding tert-OH is 1. The topological polar surface area (TPSA) is 32.7 Å². The van der Waals surface area contributed by atoms with Crippen molar-refractivity contribution in [3.63, 3.8) is 0 Å². The van der Waals surface area contributed by atoms with Crippen molar-refractivity contribution in [2.45, 2.75) is 106 Å². The number of unbranched alkanes of at least 4 members (excludes halogenated alkanes) is 6. The third-order valence-electron chi connectivity index (χ3n) is 3.99. The molecule has 0 fully saturated rings. The molecule has 0 aliphatic heterocycles. The van der Waals surface area contributed by atoms with Gasteiger partial charge in [-0.05, 0) is 60.0 Å². The summed E-state index contributed by atoms with van der Waals surface area (Å²) in [5, 5.41) is 4.32. The van der Waals surface area contributed by atoms with Crippen LogP contribution in [0.15, 0.2) is 0 Å². The van der Waals surface area contributed by atoms with Gasteiger partial charge < -0.3 is 9.63 Å². The first-order valence-corrected chi connectivity index (χ1v) is 14.1. The maximum atomic E-state index is 6.62.